The Labute approximate surface area is 176 Å². The first-order chi connectivity index (χ1) is 14.5. The number of hydrogen-bond acceptors (Lipinski definition) is 8. The Hall–Kier alpha value is -3.90. The molecule has 0 aliphatic rings. The van der Waals surface area contributed by atoms with E-state index in [0.29, 0.717) is 33.5 Å². The number of nitrogens with zero attached hydrogens (tertiary/aromatic N) is 3. The summed E-state index contributed by atoms with van der Waals surface area (Å²) in [6.07, 6.45) is 1.53. The molecule has 0 saturated carbocycles. The third kappa shape index (κ3) is 4.24. The molecule has 152 valence electrons. The molecule has 0 radical (unpaired) electrons. The summed E-state index contributed by atoms with van der Waals surface area (Å²) in [5.41, 5.74) is 2.07. The van der Waals surface area contributed by atoms with Crippen LogP contribution in [0.2, 0.25) is 0 Å². The molecule has 0 saturated heterocycles. The first-order valence-electron chi connectivity index (χ1n) is 8.63. The lowest BCUT2D eigenvalue weighted by Crippen LogP contribution is -1.93. The largest absolute Gasteiger partial charge is 0.496 e. The molecular weight excluding hydrogens is 406 g/mol. The van der Waals surface area contributed by atoms with Crippen molar-refractivity contribution in [1.29, 1.82) is 5.26 Å². The quantitative estimate of drug-likeness (QED) is 0.305. The number of nitro groups is 1. The highest BCUT2D eigenvalue weighted by atomic mass is 32.1. The lowest BCUT2D eigenvalue weighted by molar-refractivity contribution is -0.384. The SMILES string of the molecule is COc1ccc([N+](=O)[O-])cc1C=C(C#N)c1nc(-c2ccc(OC)c(OC)c2)cs1. The van der Waals surface area contributed by atoms with E-state index in [2.05, 4.69) is 11.1 Å². The van der Waals surface area contributed by atoms with Gasteiger partial charge in [-0.3, -0.25) is 10.1 Å². The molecule has 3 rings (SSSR count). The van der Waals surface area contributed by atoms with Gasteiger partial charge in [0.2, 0.25) is 0 Å². The summed E-state index contributed by atoms with van der Waals surface area (Å²) in [7, 11) is 4.57. The van der Waals surface area contributed by atoms with Crippen LogP contribution in [0.5, 0.6) is 17.2 Å². The molecule has 0 amide bonds. The summed E-state index contributed by atoms with van der Waals surface area (Å²) in [5, 5.41) is 23.0. The van der Waals surface area contributed by atoms with Gasteiger partial charge in [0, 0.05) is 28.6 Å². The number of methoxy groups -OCH3 is 3. The molecule has 0 aliphatic carbocycles. The average molecular weight is 423 g/mol. The van der Waals surface area contributed by atoms with Gasteiger partial charge in [0.25, 0.3) is 5.69 Å². The molecule has 2 aromatic carbocycles. The molecular formula is C21H17N3O5S. The van der Waals surface area contributed by atoms with Crippen LogP contribution >= 0.6 is 11.3 Å². The van der Waals surface area contributed by atoms with Gasteiger partial charge in [-0.25, -0.2) is 4.98 Å². The lowest BCUT2D eigenvalue weighted by Gasteiger charge is -2.08. The minimum Gasteiger partial charge on any atom is -0.496 e. The normalized spacial score (nSPS) is 10.9. The smallest absolute Gasteiger partial charge is 0.270 e. The van der Waals surface area contributed by atoms with E-state index in [4.69, 9.17) is 14.2 Å². The Morgan fingerprint density at radius 2 is 1.80 bits per heavy atom. The zero-order chi connectivity index (χ0) is 21.7. The number of rotatable bonds is 7. The second-order valence-electron chi connectivity index (χ2n) is 5.96. The van der Waals surface area contributed by atoms with Gasteiger partial charge < -0.3 is 14.2 Å². The van der Waals surface area contributed by atoms with Gasteiger partial charge in [0.05, 0.1) is 37.5 Å². The Bertz CT molecular complexity index is 1160. The fraction of sp³-hybridized carbons (Fsp3) is 0.143. The van der Waals surface area contributed by atoms with E-state index < -0.39 is 4.92 Å². The number of nitriles is 1. The van der Waals surface area contributed by atoms with Crippen LogP contribution in [-0.2, 0) is 0 Å². The summed E-state index contributed by atoms with van der Waals surface area (Å²) in [5.74, 6) is 1.60. The summed E-state index contributed by atoms with van der Waals surface area (Å²) in [4.78, 5) is 15.1. The minimum absolute atomic E-state index is 0.0931. The molecule has 0 unspecified atom stereocenters. The Balaban J connectivity index is 2.01. The van der Waals surface area contributed by atoms with Crippen molar-refractivity contribution in [1.82, 2.24) is 4.98 Å². The summed E-state index contributed by atoms with van der Waals surface area (Å²) >= 11 is 1.30. The van der Waals surface area contributed by atoms with E-state index in [-0.39, 0.29) is 11.3 Å². The number of ether oxygens (including phenoxy) is 3. The molecule has 0 bridgehead atoms. The van der Waals surface area contributed by atoms with Crippen molar-refractivity contribution in [3.8, 4) is 34.6 Å². The monoisotopic (exact) mass is 423 g/mol. The van der Waals surface area contributed by atoms with Gasteiger partial charge in [0.15, 0.2) is 11.5 Å². The maximum Gasteiger partial charge on any atom is 0.270 e. The number of non-ortho nitro benzene ring substituents is 1. The third-order valence-corrected chi connectivity index (χ3v) is 5.13. The number of thiazole rings is 1. The third-order valence-electron chi connectivity index (χ3n) is 4.26. The first-order valence-corrected chi connectivity index (χ1v) is 9.51. The Morgan fingerprint density at radius 3 is 2.43 bits per heavy atom. The molecule has 1 aromatic heterocycles. The van der Waals surface area contributed by atoms with Gasteiger partial charge in [-0.05, 0) is 30.3 Å². The maximum atomic E-state index is 11.1. The Kier molecular flexibility index (Phi) is 6.29. The fourth-order valence-electron chi connectivity index (χ4n) is 2.77. The van der Waals surface area contributed by atoms with E-state index in [1.54, 1.807) is 26.4 Å². The van der Waals surface area contributed by atoms with Crippen LogP contribution in [0.3, 0.4) is 0 Å². The molecule has 0 aliphatic heterocycles. The van der Waals surface area contributed by atoms with Crippen molar-refractivity contribution in [2.24, 2.45) is 0 Å². The first kappa shape index (κ1) is 20.8. The predicted octanol–water partition coefficient (Wildman–Crippen LogP) is 4.81. The number of aromatic nitrogens is 1. The zero-order valence-electron chi connectivity index (χ0n) is 16.4. The van der Waals surface area contributed by atoms with Crippen LogP contribution in [0.1, 0.15) is 10.6 Å². The number of allylic oxidation sites excluding steroid dienone is 1. The lowest BCUT2D eigenvalue weighted by atomic mass is 10.1. The van der Waals surface area contributed by atoms with E-state index in [9.17, 15) is 15.4 Å². The molecule has 9 heteroatoms. The highest BCUT2D eigenvalue weighted by Crippen LogP contribution is 2.34. The van der Waals surface area contributed by atoms with Crippen molar-refractivity contribution in [3.63, 3.8) is 0 Å². The number of benzene rings is 2. The highest BCUT2D eigenvalue weighted by molar-refractivity contribution is 7.11. The van der Waals surface area contributed by atoms with Crippen molar-refractivity contribution in [2.45, 2.75) is 0 Å². The predicted molar refractivity (Wildman–Crippen MR) is 114 cm³/mol. The summed E-state index contributed by atoms with van der Waals surface area (Å²) in [6, 6.07) is 11.7. The van der Waals surface area contributed by atoms with E-state index in [1.807, 2.05) is 11.4 Å². The molecule has 0 atom stereocenters. The van der Waals surface area contributed by atoms with Crippen LogP contribution in [0, 0.1) is 21.4 Å². The maximum absolute atomic E-state index is 11.1. The molecule has 0 N–H and O–H groups in total. The van der Waals surface area contributed by atoms with Crippen molar-refractivity contribution in [3.05, 3.63) is 62.5 Å². The van der Waals surface area contributed by atoms with Crippen LogP contribution in [0.15, 0.2) is 41.8 Å². The van der Waals surface area contributed by atoms with Gasteiger partial charge in [-0.1, -0.05) is 0 Å². The molecule has 0 spiro atoms. The summed E-state index contributed by atoms with van der Waals surface area (Å²) in [6.45, 7) is 0. The summed E-state index contributed by atoms with van der Waals surface area (Å²) < 4.78 is 15.8. The average Bonchev–Trinajstić information content (AvgIpc) is 3.26. The number of nitro benzene ring substituents is 1. The number of hydrogen-bond donors (Lipinski definition) is 0. The van der Waals surface area contributed by atoms with Crippen LogP contribution < -0.4 is 14.2 Å². The fourth-order valence-corrected chi connectivity index (χ4v) is 3.57. The van der Waals surface area contributed by atoms with Crippen molar-refractivity contribution < 1.29 is 19.1 Å². The molecule has 8 nitrogen and oxygen atoms in total. The zero-order valence-corrected chi connectivity index (χ0v) is 17.2. The van der Waals surface area contributed by atoms with Gasteiger partial charge in [-0.15, -0.1) is 11.3 Å². The van der Waals surface area contributed by atoms with Gasteiger partial charge >= 0.3 is 0 Å². The second kappa shape index (κ2) is 9.07. The van der Waals surface area contributed by atoms with Gasteiger partial charge in [0.1, 0.15) is 16.8 Å². The van der Waals surface area contributed by atoms with Crippen molar-refractivity contribution >= 4 is 28.7 Å². The topological polar surface area (TPSA) is 108 Å². The van der Waals surface area contributed by atoms with Crippen LogP contribution in [0.25, 0.3) is 22.9 Å². The molecule has 30 heavy (non-hydrogen) atoms. The Morgan fingerprint density at radius 1 is 1.10 bits per heavy atom. The molecule has 1 heterocycles. The second-order valence-corrected chi connectivity index (χ2v) is 6.82. The van der Waals surface area contributed by atoms with E-state index in [0.717, 1.165) is 5.56 Å². The standard InChI is InChI=1S/C21H17N3O5S/c1-27-18-7-5-16(24(25)26)9-14(18)8-15(11-22)21-23-17(12-30-21)13-4-6-19(28-2)20(10-13)29-3/h4-10,12H,1-3H3. The molecule has 0 fully saturated rings. The van der Waals surface area contributed by atoms with E-state index in [1.165, 1.54) is 42.7 Å². The van der Waals surface area contributed by atoms with Crippen molar-refractivity contribution in [2.75, 3.05) is 21.3 Å². The van der Waals surface area contributed by atoms with Crippen LogP contribution in [0.4, 0.5) is 5.69 Å². The molecule has 3 aromatic rings. The van der Waals surface area contributed by atoms with Gasteiger partial charge in [-0.2, -0.15) is 5.26 Å². The van der Waals surface area contributed by atoms with E-state index >= 15 is 0 Å². The minimum atomic E-state index is -0.499. The van der Waals surface area contributed by atoms with Crippen LogP contribution in [-0.4, -0.2) is 31.2 Å². The highest BCUT2D eigenvalue weighted by Gasteiger charge is 2.15.